The number of Topliss-reactive ketones (excluding diaryl/α,β-unsaturated/α-hetero) is 2. The minimum atomic E-state index is -0.682. The average Bonchev–Trinajstić information content (AvgIpc) is 3.08. The molecule has 9 nitrogen and oxygen atoms in total. The maximum Gasteiger partial charge on any atom is 0.294 e. The number of halogens is 1. The highest BCUT2D eigenvalue weighted by molar-refractivity contribution is 7.99. The van der Waals surface area contributed by atoms with Crippen molar-refractivity contribution in [1.29, 1.82) is 0 Å². The van der Waals surface area contributed by atoms with Crippen LogP contribution >= 0.6 is 23.4 Å². The lowest BCUT2D eigenvalue weighted by Gasteiger charge is -2.41. The van der Waals surface area contributed by atoms with Crippen LogP contribution in [0.2, 0.25) is 5.02 Å². The van der Waals surface area contributed by atoms with E-state index < -0.39 is 11.7 Å². The molecule has 4 N–H and O–H groups in total. The number of carbonyl (C=O) groups excluding carboxylic acids is 3. The molecule has 4 rings (SSSR count). The van der Waals surface area contributed by atoms with E-state index in [0.29, 0.717) is 28.6 Å². The number of piperidine rings is 1. The fourth-order valence-electron chi connectivity index (χ4n) is 4.59. The topological polar surface area (TPSA) is 136 Å². The smallest absolute Gasteiger partial charge is 0.294 e. The molecule has 1 aromatic heterocycles. The Kier molecular flexibility index (Phi) is 6.84. The first-order chi connectivity index (χ1) is 16.1. The summed E-state index contributed by atoms with van der Waals surface area (Å²) in [6, 6.07) is 4.83. The van der Waals surface area contributed by atoms with Gasteiger partial charge in [-0.15, -0.1) is 0 Å². The SMILES string of the molecule is CN(C)C(=O)C(=O)c1cccc(Sc2ncc(N3CCC4(CC3)CC(=O)C[C@@H]4N)nc2N)c1Cl. The first kappa shape index (κ1) is 24.4. The van der Waals surface area contributed by atoms with Crippen molar-refractivity contribution in [3.8, 4) is 0 Å². The van der Waals surface area contributed by atoms with E-state index in [2.05, 4.69) is 14.9 Å². The number of nitrogens with two attached hydrogens (primary N) is 2. The Morgan fingerprint density at radius 1 is 1.26 bits per heavy atom. The van der Waals surface area contributed by atoms with Crippen molar-refractivity contribution in [1.82, 2.24) is 14.9 Å². The Morgan fingerprint density at radius 3 is 2.56 bits per heavy atom. The Bertz CT molecular complexity index is 1150. The van der Waals surface area contributed by atoms with Crippen LogP contribution in [0.1, 0.15) is 36.0 Å². The van der Waals surface area contributed by atoms with Crippen molar-refractivity contribution >= 4 is 52.5 Å². The molecule has 2 aliphatic rings. The van der Waals surface area contributed by atoms with E-state index in [0.717, 1.165) is 25.9 Å². The molecule has 0 unspecified atom stereocenters. The predicted molar refractivity (Wildman–Crippen MR) is 131 cm³/mol. The number of aromatic nitrogens is 2. The molecule has 1 saturated carbocycles. The van der Waals surface area contributed by atoms with Gasteiger partial charge in [-0.3, -0.25) is 14.4 Å². The van der Waals surface area contributed by atoms with E-state index in [1.54, 1.807) is 18.3 Å². The summed E-state index contributed by atoms with van der Waals surface area (Å²) < 4.78 is 0. The zero-order valence-corrected chi connectivity index (χ0v) is 20.7. The van der Waals surface area contributed by atoms with Gasteiger partial charge in [0.15, 0.2) is 5.82 Å². The molecule has 34 heavy (non-hydrogen) atoms. The van der Waals surface area contributed by atoms with Gasteiger partial charge in [-0.25, -0.2) is 9.97 Å². The normalized spacial score (nSPS) is 19.5. The number of rotatable bonds is 5. The van der Waals surface area contributed by atoms with E-state index in [1.807, 2.05) is 0 Å². The Hall–Kier alpha value is -2.69. The maximum absolute atomic E-state index is 12.5. The number of hydrogen-bond donors (Lipinski definition) is 2. The van der Waals surface area contributed by atoms with Gasteiger partial charge in [0.2, 0.25) is 0 Å². The first-order valence-corrected chi connectivity index (χ1v) is 12.2. The number of benzene rings is 1. The molecular weight excluding hydrogens is 476 g/mol. The minimum absolute atomic E-state index is 0.0718. The van der Waals surface area contributed by atoms with Crippen LogP contribution in [0.4, 0.5) is 11.6 Å². The molecule has 1 aromatic carbocycles. The van der Waals surface area contributed by atoms with Gasteiger partial charge in [0.05, 0.1) is 11.2 Å². The highest BCUT2D eigenvalue weighted by Crippen LogP contribution is 2.44. The molecule has 2 fully saturated rings. The van der Waals surface area contributed by atoms with Gasteiger partial charge in [-0.1, -0.05) is 29.4 Å². The number of ketones is 2. The zero-order valence-electron chi connectivity index (χ0n) is 19.1. The van der Waals surface area contributed by atoms with Crippen LogP contribution in [-0.4, -0.2) is 65.6 Å². The molecule has 180 valence electrons. The molecule has 1 saturated heterocycles. The van der Waals surface area contributed by atoms with Crippen LogP contribution in [0.5, 0.6) is 0 Å². The van der Waals surface area contributed by atoms with Gasteiger partial charge in [-0.05, 0) is 30.4 Å². The number of nitrogens with zero attached hydrogens (tertiary/aromatic N) is 4. The standard InChI is InChI=1S/C23H27ClN6O3S/c1-29(2)22(33)19(32)14-4-3-5-15(18(14)24)34-21-20(26)28-17(12-27-21)30-8-6-23(7-9-30)11-13(31)10-16(23)25/h3-5,12,16H,6-11,25H2,1-2H3,(H2,26,28)/t16-/m0/s1. The van der Waals surface area contributed by atoms with Crippen LogP contribution in [0.3, 0.4) is 0 Å². The molecule has 0 radical (unpaired) electrons. The van der Waals surface area contributed by atoms with Gasteiger partial charge >= 0.3 is 0 Å². The summed E-state index contributed by atoms with van der Waals surface area (Å²) in [6.07, 6.45) is 4.36. The van der Waals surface area contributed by atoms with Crippen molar-refractivity contribution < 1.29 is 14.4 Å². The van der Waals surface area contributed by atoms with E-state index >= 15 is 0 Å². The summed E-state index contributed by atoms with van der Waals surface area (Å²) in [5.41, 5.74) is 12.5. The number of hydrogen-bond acceptors (Lipinski definition) is 9. The summed E-state index contributed by atoms with van der Waals surface area (Å²) in [5, 5.41) is 0.618. The third-order valence-electron chi connectivity index (χ3n) is 6.63. The Labute approximate surface area is 207 Å². The van der Waals surface area contributed by atoms with Crippen LogP contribution in [0.15, 0.2) is 34.3 Å². The van der Waals surface area contributed by atoms with Gasteiger partial charge in [-0.2, -0.15) is 0 Å². The van der Waals surface area contributed by atoms with Crippen LogP contribution in [0, 0.1) is 5.41 Å². The highest BCUT2D eigenvalue weighted by Gasteiger charge is 2.46. The lowest BCUT2D eigenvalue weighted by molar-refractivity contribution is -0.124. The second kappa shape index (κ2) is 9.52. The van der Waals surface area contributed by atoms with Crippen molar-refractivity contribution in [2.45, 2.75) is 41.6 Å². The molecule has 0 bridgehead atoms. The fourth-order valence-corrected chi connectivity index (χ4v) is 5.73. The quantitative estimate of drug-likeness (QED) is 0.466. The highest BCUT2D eigenvalue weighted by atomic mass is 35.5. The Balaban J connectivity index is 1.48. The van der Waals surface area contributed by atoms with Crippen LogP contribution < -0.4 is 16.4 Å². The average molecular weight is 503 g/mol. The van der Waals surface area contributed by atoms with E-state index in [4.69, 9.17) is 23.1 Å². The molecule has 11 heteroatoms. The number of carbonyl (C=O) groups is 3. The van der Waals surface area contributed by atoms with E-state index in [9.17, 15) is 14.4 Å². The summed E-state index contributed by atoms with van der Waals surface area (Å²) in [5.74, 6) is -0.173. The van der Waals surface area contributed by atoms with Crippen molar-refractivity contribution in [3.63, 3.8) is 0 Å². The summed E-state index contributed by atoms with van der Waals surface area (Å²) in [6.45, 7) is 1.47. The van der Waals surface area contributed by atoms with Crippen molar-refractivity contribution in [3.05, 3.63) is 35.0 Å². The first-order valence-electron chi connectivity index (χ1n) is 11.0. The van der Waals surface area contributed by atoms with Crippen LogP contribution in [0.25, 0.3) is 0 Å². The van der Waals surface area contributed by atoms with Crippen molar-refractivity contribution in [2.75, 3.05) is 37.8 Å². The van der Waals surface area contributed by atoms with Gasteiger partial charge in [0, 0.05) is 56.5 Å². The third kappa shape index (κ3) is 4.62. The lowest BCUT2D eigenvalue weighted by atomic mass is 9.74. The van der Waals surface area contributed by atoms with E-state index in [-0.39, 0.29) is 33.6 Å². The molecule has 1 spiro atoms. The monoisotopic (exact) mass is 502 g/mol. The minimum Gasteiger partial charge on any atom is -0.381 e. The Morgan fingerprint density at radius 2 is 1.97 bits per heavy atom. The maximum atomic E-state index is 12.5. The number of amides is 1. The van der Waals surface area contributed by atoms with Gasteiger partial charge < -0.3 is 21.3 Å². The summed E-state index contributed by atoms with van der Waals surface area (Å²) in [4.78, 5) is 49.3. The molecule has 2 heterocycles. The summed E-state index contributed by atoms with van der Waals surface area (Å²) >= 11 is 7.63. The second-order valence-corrected chi connectivity index (χ2v) is 10.5. The van der Waals surface area contributed by atoms with Crippen molar-refractivity contribution in [2.24, 2.45) is 11.1 Å². The largest absolute Gasteiger partial charge is 0.381 e. The number of anilines is 2. The van der Waals surface area contributed by atoms with E-state index in [1.165, 1.54) is 36.8 Å². The summed E-state index contributed by atoms with van der Waals surface area (Å²) in [7, 11) is 3.02. The molecule has 1 aliphatic carbocycles. The third-order valence-corrected chi connectivity index (χ3v) is 8.22. The number of nitrogen functional groups attached to an aromatic ring is 1. The van der Waals surface area contributed by atoms with Crippen LogP contribution in [-0.2, 0) is 9.59 Å². The molecule has 1 aliphatic heterocycles. The molecular formula is C23H27ClN6O3S. The fraction of sp³-hybridized carbons (Fsp3) is 0.435. The predicted octanol–water partition coefficient (Wildman–Crippen LogP) is 2.41. The molecule has 1 amide bonds. The molecule has 1 atom stereocenters. The number of likely N-dealkylation sites (N-methyl/N-ethyl adjacent to an activating group) is 1. The van der Waals surface area contributed by atoms with Gasteiger partial charge in [0.25, 0.3) is 11.7 Å². The van der Waals surface area contributed by atoms with Gasteiger partial charge in [0.1, 0.15) is 16.6 Å². The zero-order chi connectivity index (χ0) is 24.6. The molecule has 2 aromatic rings. The second-order valence-electron chi connectivity index (χ2n) is 9.04. The lowest BCUT2D eigenvalue weighted by Crippen LogP contribution is -2.47.